The van der Waals surface area contributed by atoms with Crippen LogP contribution in [0.15, 0.2) is 36.7 Å². The maximum Gasteiger partial charge on any atom is 0.0648 e. The fourth-order valence-electron chi connectivity index (χ4n) is 1.91. The lowest BCUT2D eigenvalue weighted by molar-refractivity contribution is 0.687. The molecule has 1 heterocycles. The highest BCUT2D eigenvalue weighted by molar-refractivity contribution is 5.35. The third kappa shape index (κ3) is 2.56. The van der Waals surface area contributed by atoms with Crippen LogP contribution in [0.4, 0.5) is 0 Å². The van der Waals surface area contributed by atoms with Crippen LogP contribution in [-0.2, 0) is 6.54 Å². The second-order valence-electron chi connectivity index (χ2n) is 4.79. The number of nitrogens with zero attached hydrogens (tertiary/aromatic N) is 2. The molecule has 1 aliphatic carbocycles. The van der Waals surface area contributed by atoms with Crippen molar-refractivity contribution in [2.45, 2.75) is 32.4 Å². The zero-order valence-corrected chi connectivity index (χ0v) is 10.1. The van der Waals surface area contributed by atoms with E-state index in [2.05, 4.69) is 41.6 Å². The minimum atomic E-state index is 0.755. The highest BCUT2D eigenvalue weighted by Crippen LogP contribution is 2.19. The number of nitrogens with one attached hydrogen (secondary N) is 1. The minimum absolute atomic E-state index is 0.755. The summed E-state index contributed by atoms with van der Waals surface area (Å²) in [7, 11) is 0. The Kier molecular flexibility index (Phi) is 2.69. The topological polar surface area (TPSA) is 29.9 Å². The summed E-state index contributed by atoms with van der Waals surface area (Å²) in [6.45, 7) is 3.01. The number of aromatic nitrogens is 2. The lowest BCUT2D eigenvalue weighted by Gasteiger charge is -2.06. The van der Waals surface area contributed by atoms with Gasteiger partial charge < -0.3 is 5.32 Å². The van der Waals surface area contributed by atoms with Gasteiger partial charge in [0.25, 0.3) is 0 Å². The summed E-state index contributed by atoms with van der Waals surface area (Å²) in [6.07, 6.45) is 6.60. The lowest BCUT2D eigenvalue weighted by Crippen LogP contribution is -2.15. The molecule has 3 rings (SSSR count). The first kappa shape index (κ1) is 10.5. The van der Waals surface area contributed by atoms with Gasteiger partial charge in [0, 0.05) is 18.8 Å². The van der Waals surface area contributed by atoms with Crippen molar-refractivity contribution in [2.75, 3.05) is 0 Å². The molecule has 2 aromatic rings. The van der Waals surface area contributed by atoms with E-state index in [-0.39, 0.29) is 0 Å². The first-order valence-electron chi connectivity index (χ1n) is 6.15. The molecule has 17 heavy (non-hydrogen) atoms. The van der Waals surface area contributed by atoms with Crippen LogP contribution in [0.2, 0.25) is 0 Å². The van der Waals surface area contributed by atoms with Crippen LogP contribution in [0, 0.1) is 6.92 Å². The first-order valence-corrected chi connectivity index (χ1v) is 6.15. The molecular formula is C14H17N3. The van der Waals surface area contributed by atoms with Crippen molar-refractivity contribution in [1.29, 1.82) is 0 Å². The van der Waals surface area contributed by atoms with Crippen LogP contribution in [0.1, 0.15) is 24.0 Å². The number of benzene rings is 1. The third-order valence-electron chi connectivity index (χ3n) is 3.06. The molecular weight excluding hydrogens is 210 g/mol. The number of aryl methyl sites for hydroxylation is 1. The van der Waals surface area contributed by atoms with Gasteiger partial charge in [-0.15, -0.1) is 0 Å². The summed E-state index contributed by atoms with van der Waals surface area (Å²) in [5.74, 6) is 0. The molecule has 0 amide bonds. The molecule has 1 N–H and O–H groups in total. The van der Waals surface area contributed by atoms with Crippen LogP contribution in [0.5, 0.6) is 0 Å². The average molecular weight is 227 g/mol. The third-order valence-corrected chi connectivity index (χ3v) is 3.06. The number of hydrogen-bond donors (Lipinski definition) is 1. The normalized spacial score (nSPS) is 15.1. The van der Waals surface area contributed by atoms with E-state index in [1.165, 1.54) is 24.0 Å². The van der Waals surface area contributed by atoms with E-state index < -0.39 is 0 Å². The number of hydrogen-bond acceptors (Lipinski definition) is 2. The molecule has 1 aromatic carbocycles. The molecule has 3 heteroatoms. The average Bonchev–Trinajstić information content (AvgIpc) is 3.08. The summed E-state index contributed by atoms with van der Waals surface area (Å²) in [4.78, 5) is 0. The van der Waals surface area contributed by atoms with Gasteiger partial charge in [0.05, 0.1) is 11.9 Å². The maximum absolute atomic E-state index is 4.33. The van der Waals surface area contributed by atoms with E-state index in [0.717, 1.165) is 18.3 Å². The van der Waals surface area contributed by atoms with E-state index >= 15 is 0 Å². The molecule has 0 spiro atoms. The van der Waals surface area contributed by atoms with Crippen molar-refractivity contribution in [3.05, 3.63) is 47.8 Å². The van der Waals surface area contributed by atoms with Crippen LogP contribution in [-0.4, -0.2) is 15.8 Å². The Balaban J connectivity index is 1.77. The van der Waals surface area contributed by atoms with Gasteiger partial charge in [0.1, 0.15) is 0 Å². The van der Waals surface area contributed by atoms with E-state index in [9.17, 15) is 0 Å². The largest absolute Gasteiger partial charge is 0.310 e. The van der Waals surface area contributed by atoms with Crippen LogP contribution >= 0.6 is 0 Å². The van der Waals surface area contributed by atoms with Gasteiger partial charge in [-0.2, -0.15) is 5.10 Å². The molecule has 0 bridgehead atoms. The van der Waals surface area contributed by atoms with Crippen molar-refractivity contribution in [3.63, 3.8) is 0 Å². The van der Waals surface area contributed by atoms with Gasteiger partial charge in [0.15, 0.2) is 0 Å². The van der Waals surface area contributed by atoms with Gasteiger partial charge in [0.2, 0.25) is 0 Å². The summed E-state index contributed by atoms with van der Waals surface area (Å²) < 4.78 is 1.93. The second kappa shape index (κ2) is 4.34. The Bertz CT molecular complexity index is 512. The van der Waals surface area contributed by atoms with Crippen LogP contribution in [0.3, 0.4) is 0 Å². The molecule has 1 fully saturated rings. The summed E-state index contributed by atoms with van der Waals surface area (Å²) in [5, 5.41) is 7.86. The monoisotopic (exact) mass is 227 g/mol. The Labute approximate surface area is 101 Å². The van der Waals surface area contributed by atoms with E-state index in [4.69, 9.17) is 0 Å². The van der Waals surface area contributed by atoms with Gasteiger partial charge in [-0.1, -0.05) is 12.1 Å². The maximum atomic E-state index is 4.33. The van der Waals surface area contributed by atoms with Crippen LogP contribution in [0.25, 0.3) is 5.69 Å². The van der Waals surface area contributed by atoms with Crippen molar-refractivity contribution in [3.8, 4) is 5.69 Å². The van der Waals surface area contributed by atoms with Gasteiger partial charge in [-0.3, -0.25) is 0 Å². The second-order valence-corrected chi connectivity index (χ2v) is 4.79. The standard InChI is InChI=1S/C14H17N3/c1-11-8-16-17(10-11)14-4-2-3-12(7-14)9-15-13-5-6-13/h2-4,7-8,10,13,15H,5-6,9H2,1H3. The molecule has 0 saturated heterocycles. The van der Waals surface area contributed by atoms with Gasteiger partial charge in [-0.05, 0) is 43.0 Å². The SMILES string of the molecule is Cc1cnn(-c2cccc(CNC3CC3)c2)c1. The molecule has 0 atom stereocenters. The van der Waals surface area contributed by atoms with E-state index in [1.54, 1.807) is 0 Å². The zero-order valence-electron chi connectivity index (χ0n) is 10.1. The molecule has 1 aliphatic rings. The smallest absolute Gasteiger partial charge is 0.0648 e. The van der Waals surface area contributed by atoms with Crippen LogP contribution < -0.4 is 5.32 Å². The van der Waals surface area contributed by atoms with Gasteiger partial charge in [-0.25, -0.2) is 4.68 Å². The summed E-state index contributed by atoms with van der Waals surface area (Å²) in [5.41, 5.74) is 3.64. The van der Waals surface area contributed by atoms with Gasteiger partial charge >= 0.3 is 0 Å². The molecule has 1 aromatic heterocycles. The molecule has 88 valence electrons. The molecule has 0 aliphatic heterocycles. The molecule has 0 unspecified atom stereocenters. The Morgan fingerprint density at radius 1 is 1.41 bits per heavy atom. The lowest BCUT2D eigenvalue weighted by atomic mass is 10.2. The van der Waals surface area contributed by atoms with Crippen molar-refractivity contribution in [2.24, 2.45) is 0 Å². The van der Waals surface area contributed by atoms with Crippen molar-refractivity contribution >= 4 is 0 Å². The van der Waals surface area contributed by atoms with E-state index in [0.29, 0.717) is 0 Å². The molecule has 0 radical (unpaired) electrons. The fraction of sp³-hybridized carbons (Fsp3) is 0.357. The number of rotatable bonds is 4. The van der Waals surface area contributed by atoms with Crippen molar-refractivity contribution < 1.29 is 0 Å². The zero-order chi connectivity index (χ0) is 11.7. The summed E-state index contributed by atoms with van der Waals surface area (Å²) in [6, 6.07) is 9.30. The Morgan fingerprint density at radius 3 is 3.00 bits per heavy atom. The quantitative estimate of drug-likeness (QED) is 0.869. The highest BCUT2D eigenvalue weighted by atomic mass is 15.3. The highest BCUT2D eigenvalue weighted by Gasteiger charge is 2.19. The minimum Gasteiger partial charge on any atom is -0.310 e. The first-order chi connectivity index (χ1) is 8.31. The fourth-order valence-corrected chi connectivity index (χ4v) is 1.91. The molecule has 3 nitrogen and oxygen atoms in total. The molecule has 1 saturated carbocycles. The van der Waals surface area contributed by atoms with E-state index in [1.807, 2.05) is 17.1 Å². The van der Waals surface area contributed by atoms with Crippen molar-refractivity contribution in [1.82, 2.24) is 15.1 Å². The predicted octanol–water partition coefficient (Wildman–Crippen LogP) is 2.43. The Hall–Kier alpha value is -1.61. The predicted molar refractivity (Wildman–Crippen MR) is 68.2 cm³/mol. The Morgan fingerprint density at radius 2 is 2.29 bits per heavy atom. The summed E-state index contributed by atoms with van der Waals surface area (Å²) >= 11 is 0.